The highest BCUT2D eigenvalue weighted by atomic mass is 35.5. The van der Waals surface area contributed by atoms with Crippen molar-refractivity contribution in [2.24, 2.45) is 0 Å². The number of aromatic nitrogens is 2. The summed E-state index contributed by atoms with van der Waals surface area (Å²) in [5, 5.41) is 5.32. The van der Waals surface area contributed by atoms with Gasteiger partial charge in [-0.3, -0.25) is 9.20 Å². The number of methoxy groups -OCH3 is 1. The number of fused-ring (bicyclic) bond motifs is 1. The third-order valence-electron chi connectivity index (χ3n) is 4.14. The molecule has 0 fully saturated rings. The summed E-state index contributed by atoms with van der Waals surface area (Å²) in [6.45, 7) is 0. The number of halogens is 1. The van der Waals surface area contributed by atoms with Crippen molar-refractivity contribution < 1.29 is 9.53 Å². The predicted octanol–water partition coefficient (Wildman–Crippen LogP) is 4.91. The van der Waals surface area contributed by atoms with Gasteiger partial charge in [-0.1, -0.05) is 35.9 Å². The van der Waals surface area contributed by atoms with Crippen molar-refractivity contribution in [3.63, 3.8) is 0 Å². The largest absolute Gasteiger partial charge is 0.497 e. The lowest BCUT2D eigenvalue weighted by molar-refractivity contribution is -0.115. The molecule has 7 heteroatoms. The Morgan fingerprint density at radius 2 is 2.11 bits per heavy atom. The Balaban J connectivity index is 1.57. The van der Waals surface area contributed by atoms with E-state index >= 15 is 0 Å². The van der Waals surface area contributed by atoms with E-state index in [4.69, 9.17) is 16.3 Å². The van der Waals surface area contributed by atoms with Crippen LogP contribution in [0, 0.1) is 0 Å². The summed E-state index contributed by atoms with van der Waals surface area (Å²) < 4.78 is 7.23. The number of carbonyl (C=O) groups excluding carboxylic acids is 1. The van der Waals surface area contributed by atoms with Gasteiger partial charge >= 0.3 is 0 Å². The first kappa shape index (κ1) is 17.6. The van der Waals surface area contributed by atoms with Crippen LogP contribution in [0.2, 0.25) is 5.02 Å². The van der Waals surface area contributed by atoms with E-state index in [-0.39, 0.29) is 12.3 Å². The minimum absolute atomic E-state index is 0.126. The van der Waals surface area contributed by atoms with Crippen LogP contribution < -0.4 is 10.1 Å². The van der Waals surface area contributed by atoms with Crippen LogP contribution in [0.4, 0.5) is 5.69 Å². The molecule has 2 aromatic heterocycles. The summed E-state index contributed by atoms with van der Waals surface area (Å²) in [5.74, 6) is 0.655. The van der Waals surface area contributed by atoms with E-state index in [1.165, 1.54) is 11.3 Å². The Morgan fingerprint density at radius 3 is 2.93 bits per heavy atom. The molecule has 0 saturated heterocycles. The van der Waals surface area contributed by atoms with E-state index in [1.807, 2.05) is 52.4 Å². The van der Waals surface area contributed by atoms with Crippen LogP contribution in [0.25, 0.3) is 16.2 Å². The zero-order chi connectivity index (χ0) is 18.8. The van der Waals surface area contributed by atoms with Gasteiger partial charge in [-0.25, -0.2) is 4.98 Å². The van der Waals surface area contributed by atoms with Gasteiger partial charge in [-0.05, 0) is 24.3 Å². The fourth-order valence-electron chi connectivity index (χ4n) is 2.80. The number of carbonyl (C=O) groups is 1. The zero-order valence-electron chi connectivity index (χ0n) is 14.5. The number of anilines is 1. The van der Waals surface area contributed by atoms with Crippen molar-refractivity contribution in [2.45, 2.75) is 6.42 Å². The number of hydrogen-bond acceptors (Lipinski definition) is 4. The van der Waals surface area contributed by atoms with Crippen molar-refractivity contribution in [3.05, 3.63) is 70.8 Å². The van der Waals surface area contributed by atoms with Crippen LogP contribution in [0.15, 0.2) is 60.1 Å². The number of thiazole rings is 1. The molecular formula is C20H16ClN3O2S. The van der Waals surface area contributed by atoms with Gasteiger partial charge in [0.05, 0.1) is 29.9 Å². The van der Waals surface area contributed by atoms with E-state index in [2.05, 4.69) is 10.3 Å². The second-order valence-electron chi connectivity index (χ2n) is 5.94. The summed E-state index contributed by atoms with van der Waals surface area (Å²) in [4.78, 5) is 17.9. The van der Waals surface area contributed by atoms with E-state index in [0.717, 1.165) is 27.7 Å². The molecule has 0 bridgehead atoms. The highest BCUT2D eigenvalue weighted by Gasteiger charge is 2.13. The molecule has 5 nitrogen and oxygen atoms in total. The second-order valence-corrected chi connectivity index (χ2v) is 7.19. The fraction of sp³-hybridized carbons (Fsp3) is 0.100. The number of rotatable bonds is 5. The Hall–Kier alpha value is -2.83. The maximum atomic E-state index is 12.4. The van der Waals surface area contributed by atoms with E-state index in [9.17, 15) is 4.79 Å². The van der Waals surface area contributed by atoms with Crippen LogP contribution in [-0.2, 0) is 11.2 Å². The Labute approximate surface area is 165 Å². The molecule has 0 aliphatic heterocycles. The van der Waals surface area contributed by atoms with Crippen LogP contribution in [0.3, 0.4) is 0 Å². The molecule has 0 spiro atoms. The maximum Gasteiger partial charge on any atom is 0.230 e. The maximum absolute atomic E-state index is 12.4. The summed E-state index contributed by atoms with van der Waals surface area (Å²) in [6.07, 6.45) is 2.18. The molecule has 2 heterocycles. The monoisotopic (exact) mass is 397 g/mol. The van der Waals surface area contributed by atoms with Crippen molar-refractivity contribution in [1.82, 2.24) is 9.38 Å². The minimum Gasteiger partial charge on any atom is -0.497 e. The Morgan fingerprint density at radius 1 is 1.26 bits per heavy atom. The molecule has 1 amide bonds. The van der Waals surface area contributed by atoms with E-state index < -0.39 is 0 Å². The highest BCUT2D eigenvalue weighted by molar-refractivity contribution is 7.15. The fourth-order valence-corrected chi connectivity index (χ4v) is 3.86. The molecule has 0 unspecified atom stereocenters. The lowest BCUT2D eigenvalue weighted by atomic mass is 10.1. The van der Waals surface area contributed by atoms with Gasteiger partial charge in [0.2, 0.25) is 5.91 Å². The van der Waals surface area contributed by atoms with Crippen molar-refractivity contribution in [3.8, 4) is 17.0 Å². The number of ether oxygens (including phenoxy) is 1. The Kier molecular flexibility index (Phi) is 4.83. The quantitative estimate of drug-likeness (QED) is 0.520. The summed E-state index contributed by atoms with van der Waals surface area (Å²) in [7, 11) is 1.64. The van der Waals surface area contributed by atoms with Crippen LogP contribution in [0.1, 0.15) is 5.69 Å². The average Bonchev–Trinajstić information content (AvgIpc) is 3.26. The van der Waals surface area contributed by atoms with Gasteiger partial charge in [0.25, 0.3) is 0 Å². The molecule has 0 saturated carbocycles. The first-order valence-corrected chi connectivity index (χ1v) is 9.54. The third kappa shape index (κ3) is 3.67. The lowest BCUT2D eigenvalue weighted by Gasteiger charge is -2.06. The highest BCUT2D eigenvalue weighted by Crippen LogP contribution is 2.27. The van der Waals surface area contributed by atoms with E-state index in [0.29, 0.717) is 10.7 Å². The predicted molar refractivity (Wildman–Crippen MR) is 109 cm³/mol. The first-order chi connectivity index (χ1) is 13.1. The molecule has 0 atom stereocenters. The number of benzene rings is 2. The van der Waals surface area contributed by atoms with Crippen LogP contribution in [0.5, 0.6) is 5.75 Å². The number of para-hydroxylation sites is 1. The molecule has 1 N–H and O–H groups in total. The van der Waals surface area contributed by atoms with Crippen LogP contribution >= 0.6 is 22.9 Å². The third-order valence-corrected chi connectivity index (χ3v) is 5.36. The molecule has 0 radical (unpaired) electrons. The Bertz CT molecular complexity index is 1120. The second kappa shape index (κ2) is 7.42. The van der Waals surface area contributed by atoms with Gasteiger partial charge in [0.15, 0.2) is 4.96 Å². The molecular weight excluding hydrogens is 382 g/mol. The smallest absolute Gasteiger partial charge is 0.230 e. The molecule has 4 aromatic rings. The van der Waals surface area contributed by atoms with Gasteiger partial charge in [-0.2, -0.15) is 0 Å². The SMILES string of the molecule is COc1cccc(-c2cn3c(CC(=O)Nc4ccccc4Cl)csc3n2)c1. The lowest BCUT2D eigenvalue weighted by Crippen LogP contribution is -2.15. The molecule has 136 valence electrons. The summed E-state index contributed by atoms with van der Waals surface area (Å²) >= 11 is 7.61. The van der Waals surface area contributed by atoms with Crippen molar-refractivity contribution in [1.29, 1.82) is 0 Å². The number of imidazole rings is 1. The number of nitrogens with zero attached hydrogens (tertiary/aromatic N) is 2. The van der Waals surface area contributed by atoms with Gasteiger partial charge < -0.3 is 10.1 Å². The topological polar surface area (TPSA) is 55.6 Å². The molecule has 0 aliphatic carbocycles. The summed E-state index contributed by atoms with van der Waals surface area (Å²) in [6, 6.07) is 14.9. The average molecular weight is 398 g/mol. The van der Waals surface area contributed by atoms with Gasteiger partial charge in [0.1, 0.15) is 5.75 Å². The molecule has 4 rings (SSSR count). The molecule has 2 aromatic carbocycles. The van der Waals surface area contributed by atoms with Crippen molar-refractivity contribution in [2.75, 3.05) is 12.4 Å². The normalized spacial score (nSPS) is 10.9. The molecule has 27 heavy (non-hydrogen) atoms. The summed E-state index contributed by atoms with van der Waals surface area (Å²) in [5.41, 5.74) is 3.30. The van der Waals surface area contributed by atoms with E-state index in [1.54, 1.807) is 19.2 Å². The first-order valence-electron chi connectivity index (χ1n) is 8.28. The number of amides is 1. The van der Waals surface area contributed by atoms with Crippen molar-refractivity contribution >= 4 is 39.5 Å². The van der Waals surface area contributed by atoms with Gasteiger partial charge in [-0.15, -0.1) is 11.3 Å². The standard InChI is InChI=1S/C20H16ClN3O2S/c1-26-15-6-4-5-13(9-15)18-11-24-14(12-27-20(24)23-18)10-19(25)22-17-8-3-2-7-16(17)21/h2-9,11-12H,10H2,1H3,(H,22,25). The number of hydrogen-bond donors (Lipinski definition) is 1. The zero-order valence-corrected chi connectivity index (χ0v) is 16.1. The molecule has 0 aliphatic rings. The minimum atomic E-state index is -0.126. The van der Waals surface area contributed by atoms with Gasteiger partial charge in [0, 0.05) is 22.8 Å². The van der Waals surface area contributed by atoms with Crippen LogP contribution in [-0.4, -0.2) is 22.4 Å². The number of nitrogens with one attached hydrogen (secondary N) is 1.